The van der Waals surface area contributed by atoms with Crippen LogP contribution in [-0.2, 0) is 6.54 Å². The fraction of sp³-hybridized carbons (Fsp3) is 0.250. The van der Waals surface area contributed by atoms with E-state index in [1.165, 1.54) is 0 Å². The Hall–Kier alpha value is -1.98. The van der Waals surface area contributed by atoms with Crippen LogP contribution in [-0.4, -0.2) is 24.0 Å². The number of aliphatic imine (C=N–C) groups is 2. The maximum absolute atomic E-state index is 5.22. The van der Waals surface area contributed by atoms with E-state index in [-0.39, 0.29) is 5.96 Å². The lowest BCUT2D eigenvalue weighted by atomic mass is 10.4. The largest absolute Gasteiger partial charge is 0.370 e. The summed E-state index contributed by atoms with van der Waals surface area (Å²) in [6.45, 7) is 0.608. The minimum Gasteiger partial charge on any atom is -0.370 e. The van der Waals surface area contributed by atoms with Crippen LogP contribution in [0.1, 0.15) is 5.69 Å². The van der Waals surface area contributed by atoms with E-state index in [1.807, 2.05) is 18.3 Å². The number of hydrogen-bond donors (Lipinski definition) is 4. The number of nitrogens with two attached hydrogens (primary N) is 2. The Kier molecular flexibility index (Phi) is 3.54. The number of aromatic amines is 1. The molecule has 0 atom stereocenters. The fourth-order valence-corrected chi connectivity index (χ4v) is 0.943. The van der Waals surface area contributed by atoms with Gasteiger partial charge in [0, 0.05) is 18.9 Å². The topological polar surface area (TPSA) is 105 Å². The molecule has 6 heteroatoms. The Labute approximate surface area is 82.1 Å². The van der Waals surface area contributed by atoms with Crippen molar-refractivity contribution >= 4 is 11.9 Å². The van der Waals surface area contributed by atoms with E-state index in [0.29, 0.717) is 12.5 Å². The highest BCUT2D eigenvalue weighted by atomic mass is 15.2. The van der Waals surface area contributed by atoms with Crippen molar-refractivity contribution in [2.45, 2.75) is 6.54 Å². The average molecular weight is 194 g/mol. The predicted octanol–water partition coefficient (Wildman–Crippen LogP) is -0.636. The van der Waals surface area contributed by atoms with E-state index in [9.17, 15) is 0 Å². The highest BCUT2D eigenvalue weighted by molar-refractivity contribution is 5.93. The molecule has 0 aliphatic carbocycles. The molecule has 1 heterocycles. The lowest BCUT2D eigenvalue weighted by molar-refractivity contribution is 0.872. The van der Waals surface area contributed by atoms with Crippen LogP contribution >= 0.6 is 0 Å². The Balaban J connectivity index is 2.48. The van der Waals surface area contributed by atoms with Gasteiger partial charge in [-0.1, -0.05) is 0 Å². The smallest absolute Gasteiger partial charge is 0.221 e. The number of nitrogens with zero attached hydrogens (tertiary/aromatic N) is 2. The molecule has 0 bridgehead atoms. The second-order valence-electron chi connectivity index (χ2n) is 2.63. The minimum absolute atomic E-state index is 0.00964. The number of aromatic nitrogens is 1. The SMILES string of the molecule is CN=C(N=C(N)N)NCc1ccc[nH]1. The summed E-state index contributed by atoms with van der Waals surface area (Å²) in [5.41, 5.74) is 11.5. The molecule has 14 heavy (non-hydrogen) atoms. The molecule has 76 valence electrons. The Morgan fingerprint density at radius 1 is 1.57 bits per heavy atom. The van der Waals surface area contributed by atoms with Gasteiger partial charge in [-0.05, 0) is 12.1 Å². The van der Waals surface area contributed by atoms with E-state index in [0.717, 1.165) is 5.69 Å². The van der Waals surface area contributed by atoms with Crippen LogP contribution < -0.4 is 16.8 Å². The highest BCUT2D eigenvalue weighted by Crippen LogP contribution is 1.92. The Bertz CT molecular complexity index is 320. The molecule has 6 N–H and O–H groups in total. The summed E-state index contributed by atoms with van der Waals surface area (Å²) in [7, 11) is 1.61. The van der Waals surface area contributed by atoms with Crippen molar-refractivity contribution in [3.8, 4) is 0 Å². The number of hydrogen-bond acceptors (Lipinski definition) is 1. The summed E-state index contributed by atoms with van der Waals surface area (Å²) in [5, 5.41) is 2.97. The molecule has 1 aromatic heterocycles. The summed E-state index contributed by atoms with van der Waals surface area (Å²) in [6.07, 6.45) is 1.85. The van der Waals surface area contributed by atoms with Gasteiger partial charge >= 0.3 is 0 Å². The molecule has 0 aliphatic rings. The molecule has 0 unspecified atom stereocenters. The van der Waals surface area contributed by atoms with Gasteiger partial charge in [-0.15, -0.1) is 0 Å². The molecule has 1 rings (SSSR count). The molecular weight excluding hydrogens is 180 g/mol. The average Bonchev–Trinajstić information content (AvgIpc) is 2.64. The molecule has 1 aromatic rings. The normalized spacial score (nSPS) is 11.1. The Morgan fingerprint density at radius 3 is 2.86 bits per heavy atom. The van der Waals surface area contributed by atoms with Gasteiger partial charge in [0.1, 0.15) is 0 Å². The lowest BCUT2D eigenvalue weighted by Crippen LogP contribution is -2.29. The van der Waals surface area contributed by atoms with E-state index in [1.54, 1.807) is 7.05 Å². The molecule has 0 radical (unpaired) electrons. The van der Waals surface area contributed by atoms with Crippen LogP contribution in [0.5, 0.6) is 0 Å². The first kappa shape index (κ1) is 10.1. The third-order valence-corrected chi connectivity index (χ3v) is 1.55. The summed E-state index contributed by atoms with van der Waals surface area (Å²) in [6, 6.07) is 3.87. The standard InChI is InChI=1S/C8H14N6/c1-11-8(14-7(9)10)13-5-6-3-2-4-12-6/h2-4,12H,5H2,1H3,(H5,9,10,11,13,14). The van der Waals surface area contributed by atoms with Crippen molar-refractivity contribution in [1.82, 2.24) is 10.3 Å². The van der Waals surface area contributed by atoms with Gasteiger partial charge in [-0.25, -0.2) is 0 Å². The summed E-state index contributed by atoms with van der Waals surface area (Å²) >= 11 is 0. The van der Waals surface area contributed by atoms with E-state index in [4.69, 9.17) is 11.5 Å². The number of guanidine groups is 2. The predicted molar refractivity (Wildman–Crippen MR) is 56.8 cm³/mol. The first-order chi connectivity index (χ1) is 6.72. The minimum atomic E-state index is -0.00964. The first-order valence-corrected chi connectivity index (χ1v) is 4.15. The van der Waals surface area contributed by atoms with E-state index < -0.39 is 0 Å². The molecule has 0 aromatic carbocycles. The zero-order valence-corrected chi connectivity index (χ0v) is 7.99. The van der Waals surface area contributed by atoms with Crippen LogP contribution in [0.2, 0.25) is 0 Å². The maximum atomic E-state index is 5.22. The van der Waals surface area contributed by atoms with Gasteiger partial charge in [0.25, 0.3) is 0 Å². The van der Waals surface area contributed by atoms with Gasteiger partial charge in [0.05, 0.1) is 6.54 Å². The van der Waals surface area contributed by atoms with Gasteiger partial charge in [0.2, 0.25) is 5.96 Å². The molecule has 0 spiro atoms. The molecule has 0 aliphatic heterocycles. The summed E-state index contributed by atoms with van der Waals surface area (Å²) in [5.74, 6) is 0.407. The van der Waals surface area contributed by atoms with Crippen molar-refractivity contribution in [2.24, 2.45) is 21.5 Å². The van der Waals surface area contributed by atoms with Crippen LogP contribution in [0.25, 0.3) is 0 Å². The number of nitrogens with one attached hydrogen (secondary N) is 2. The summed E-state index contributed by atoms with van der Waals surface area (Å²) in [4.78, 5) is 10.7. The molecular formula is C8H14N6. The Morgan fingerprint density at radius 2 is 2.36 bits per heavy atom. The second-order valence-corrected chi connectivity index (χ2v) is 2.63. The van der Waals surface area contributed by atoms with Crippen LogP contribution in [0.3, 0.4) is 0 Å². The molecule has 0 amide bonds. The zero-order valence-electron chi connectivity index (χ0n) is 7.99. The molecule has 0 saturated carbocycles. The van der Waals surface area contributed by atoms with Crippen LogP contribution in [0.15, 0.2) is 28.3 Å². The molecule has 0 fully saturated rings. The fourth-order valence-electron chi connectivity index (χ4n) is 0.943. The van der Waals surface area contributed by atoms with E-state index in [2.05, 4.69) is 20.3 Å². The van der Waals surface area contributed by atoms with Crippen LogP contribution in [0.4, 0.5) is 0 Å². The van der Waals surface area contributed by atoms with Crippen LogP contribution in [0, 0.1) is 0 Å². The van der Waals surface area contributed by atoms with E-state index >= 15 is 0 Å². The maximum Gasteiger partial charge on any atom is 0.221 e. The van der Waals surface area contributed by atoms with Gasteiger partial charge in [-0.2, -0.15) is 4.99 Å². The first-order valence-electron chi connectivity index (χ1n) is 4.15. The summed E-state index contributed by atoms with van der Waals surface area (Å²) < 4.78 is 0. The zero-order chi connectivity index (χ0) is 10.4. The number of H-pyrrole nitrogens is 1. The third-order valence-electron chi connectivity index (χ3n) is 1.55. The van der Waals surface area contributed by atoms with Crippen molar-refractivity contribution in [1.29, 1.82) is 0 Å². The monoisotopic (exact) mass is 194 g/mol. The highest BCUT2D eigenvalue weighted by Gasteiger charge is 1.96. The van der Waals surface area contributed by atoms with Crippen molar-refractivity contribution < 1.29 is 0 Å². The number of rotatable bonds is 2. The molecule has 6 nitrogen and oxygen atoms in total. The van der Waals surface area contributed by atoms with Gasteiger partial charge in [0.15, 0.2) is 5.96 Å². The quantitative estimate of drug-likeness (QED) is 0.372. The van der Waals surface area contributed by atoms with Crippen molar-refractivity contribution in [2.75, 3.05) is 7.05 Å². The van der Waals surface area contributed by atoms with Crippen molar-refractivity contribution in [3.05, 3.63) is 24.0 Å². The van der Waals surface area contributed by atoms with Gasteiger partial charge < -0.3 is 21.8 Å². The third kappa shape index (κ3) is 3.18. The molecule has 0 saturated heterocycles. The van der Waals surface area contributed by atoms with Crippen molar-refractivity contribution in [3.63, 3.8) is 0 Å². The van der Waals surface area contributed by atoms with Gasteiger partial charge in [-0.3, -0.25) is 4.99 Å². The lowest BCUT2D eigenvalue weighted by Gasteiger charge is -2.03. The second kappa shape index (κ2) is 4.90.